The zero-order valence-corrected chi connectivity index (χ0v) is 20.2. The Morgan fingerprint density at radius 1 is 1.27 bits per heavy atom. The van der Waals surface area contributed by atoms with Gasteiger partial charge in [0.15, 0.2) is 0 Å². The maximum atomic E-state index is 15.8. The van der Waals surface area contributed by atoms with Crippen molar-refractivity contribution in [1.29, 1.82) is 0 Å². The number of fused-ring (bicyclic) bond motifs is 1. The van der Waals surface area contributed by atoms with Gasteiger partial charge in [0.2, 0.25) is 5.91 Å². The molecule has 0 aliphatic carbocycles. The normalized spacial score (nSPS) is 14.1. The van der Waals surface area contributed by atoms with Crippen LogP contribution in [0.1, 0.15) is 53.4 Å². The van der Waals surface area contributed by atoms with Crippen LogP contribution in [0.4, 0.5) is 4.39 Å². The molecule has 0 saturated carbocycles. The third-order valence-corrected chi connectivity index (χ3v) is 7.01. The standard InChI is InChI=1S/C24H28FN5O2S/c1-15(2)17-12-18(22(25)23-19(17)13-20(33-23)24(32)28(3)4)16-6-5-9-29(14-16)21(31)7-10-30-11-8-26-27-30/h6,8,11-13,15H,5,7,9-10,14H2,1-4H3. The number of thiophene rings is 1. The van der Waals surface area contributed by atoms with Crippen molar-refractivity contribution in [3.8, 4) is 0 Å². The molecule has 3 heterocycles. The average molecular weight is 470 g/mol. The van der Waals surface area contributed by atoms with Crippen molar-refractivity contribution in [2.75, 3.05) is 27.2 Å². The Balaban J connectivity index is 1.64. The zero-order valence-electron chi connectivity index (χ0n) is 19.3. The van der Waals surface area contributed by atoms with Gasteiger partial charge in [-0.1, -0.05) is 25.1 Å². The molecule has 3 aromatic rings. The van der Waals surface area contributed by atoms with Gasteiger partial charge in [0.1, 0.15) is 5.82 Å². The van der Waals surface area contributed by atoms with Crippen molar-refractivity contribution in [2.45, 2.75) is 39.2 Å². The fourth-order valence-corrected chi connectivity index (χ4v) is 5.25. The summed E-state index contributed by atoms with van der Waals surface area (Å²) < 4.78 is 17.9. The van der Waals surface area contributed by atoms with Crippen molar-refractivity contribution in [3.63, 3.8) is 0 Å². The summed E-state index contributed by atoms with van der Waals surface area (Å²) in [5.74, 6) is -0.279. The largest absolute Gasteiger partial charge is 0.344 e. The summed E-state index contributed by atoms with van der Waals surface area (Å²) in [5, 5.41) is 8.45. The van der Waals surface area contributed by atoms with Crippen LogP contribution in [0.2, 0.25) is 0 Å². The van der Waals surface area contributed by atoms with Crippen molar-refractivity contribution < 1.29 is 14.0 Å². The summed E-state index contributed by atoms with van der Waals surface area (Å²) in [6, 6.07) is 3.70. The molecule has 2 amide bonds. The monoisotopic (exact) mass is 469 g/mol. The molecule has 0 bridgehead atoms. The minimum absolute atomic E-state index is 0.0108. The van der Waals surface area contributed by atoms with E-state index in [1.54, 1.807) is 42.1 Å². The van der Waals surface area contributed by atoms with E-state index in [1.807, 2.05) is 12.1 Å². The van der Waals surface area contributed by atoms with Crippen molar-refractivity contribution in [3.05, 3.63) is 52.4 Å². The predicted octanol–water partition coefficient (Wildman–Crippen LogP) is 4.16. The van der Waals surface area contributed by atoms with Crippen LogP contribution >= 0.6 is 11.3 Å². The Morgan fingerprint density at radius 2 is 2.06 bits per heavy atom. The van der Waals surface area contributed by atoms with E-state index in [9.17, 15) is 9.59 Å². The molecule has 0 radical (unpaired) electrons. The lowest BCUT2D eigenvalue weighted by atomic mass is 9.92. The third kappa shape index (κ3) is 4.68. The zero-order chi connectivity index (χ0) is 23.7. The fourth-order valence-electron chi connectivity index (χ4n) is 4.10. The van der Waals surface area contributed by atoms with E-state index in [0.29, 0.717) is 47.6 Å². The van der Waals surface area contributed by atoms with Crippen molar-refractivity contribution in [2.24, 2.45) is 0 Å². The maximum absolute atomic E-state index is 15.8. The molecule has 33 heavy (non-hydrogen) atoms. The van der Waals surface area contributed by atoms with Crippen LogP contribution in [-0.4, -0.2) is 63.8 Å². The van der Waals surface area contributed by atoms with Gasteiger partial charge in [0.05, 0.1) is 22.3 Å². The van der Waals surface area contributed by atoms with Crippen LogP contribution in [-0.2, 0) is 11.3 Å². The van der Waals surface area contributed by atoms with Gasteiger partial charge in [-0.15, -0.1) is 16.4 Å². The second-order valence-corrected chi connectivity index (χ2v) is 9.84. The smallest absolute Gasteiger partial charge is 0.263 e. The highest BCUT2D eigenvalue weighted by atomic mass is 32.1. The average Bonchev–Trinajstić information content (AvgIpc) is 3.47. The first-order valence-electron chi connectivity index (χ1n) is 11.0. The summed E-state index contributed by atoms with van der Waals surface area (Å²) in [5.41, 5.74) is 2.34. The highest BCUT2D eigenvalue weighted by molar-refractivity contribution is 7.20. The molecule has 0 spiro atoms. The van der Waals surface area contributed by atoms with Gasteiger partial charge >= 0.3 is 0 Å². The number of carbonyl (C=O) groups is 2. The molecule has 0 N–H and O–H groups in total. The number of nitrogens with zero attached hydrogens (tertiary/aromatic N) is 5. The van der Waals surface area contributed by atoms with E-state index < -0.39 is 0 Å². The van der Waals surface area contributed by atoms with E-state index in [4.69, 9.17) is 0 Å². The molecule has 0 atom stereocenters. The number of rotatable bonds is 6. The Labute approximate surface area is 196 Å². The van der Waals surface area contributed by atoms with Crippen LogP contribution in [0.25, 0.3) is 15.7 Å². The van der Waals surface area contributed by atoms with E-state index in [2.05, 4.69) is 24.2 Å². The van der Waals surface area contributed by atoms with Crippen LogP contribution < -0.4 is 0 Å². The summed E-state index contributed by atoms with van der Waals surface area (Å²) >= 11 is 1.19. The van der Waals surface area contributed by atoms with Crippen molar-refractivity contribution >= 4 is 38.8 Å². The molecule has 0 unspecified atom stereocenters. The number of hydrogen-bond acceptors (Lipinski definition) is 5. The molecule has 7 nitrogen and oxygen atoms in total. The van der Waals surface area contributed by atoms with Gasteiger partial charge in [-0.05, 0) is 41.0 Å². The molecule has 9 heteroatoms. The number of aromatic nitrogens is 3. The minimum Gasteiger partial charge on any atom is -0.344 e. The Kier molecular flexibility index (Phi) is 6.60. The van der Waals surface area contributed by atoms with E-state index in [1.165, 1.54) is 16.2 Å². The molecule has 0 saturated heterocycles. The first-order chi connectivity index (χ1) is 15.8. The third-order valence-electron chi connectivity index (χ3n) is 5.89. The van der Waals surface area contributed by atoms with Gasteiger partial charge in [-0.3, -0.25) is 14.3 Å². The lowest BCUT2D eigenvalue weighted by Gasteiger charge is -2.28. The Morgan fingerprint density at radius 3 is 2.73 bits per heavy atom. The number of carbonyl (C=O) groups excluding carboxylic acids is 2. The quantitative estimate of drug-likeness (QED) is 0.543. The van der Waals surface area contributed by atoms with Crippen LogP contribution in [0.3, 0.4) is 0 Å². The van der Waals surface area contributed by atoms with Crippen LogP contribution in [0.5, 0.6) is 0 Å². The van der Waals surface area contributed by atoms with Gasteiger partial charge in [-0.25, -0.2) is 4.39 Å². The SMILES string of the molecule is CC(C)c1cc(C2=CCCN(C(=O)CCn3ccnn3)C2)c(F)c2sc(C(=O)N(C)C)cc12. The van der Waals surface area contributed by atoms with Gasteiger partial charge in [0, 0.05) is 45.4 Å². The Hall–Kier alpha value is -3.07. The molecular formula is C24H28FN5O2S. The number of aryl methyl sites for hydroxylation is 1. The number of amides is 2. The summed E-state index contributed by atoms with van der Waals surface area (Å²) in [7, 11) is 3.39. The lowest BCUT2D eigenvalue weighted by Crippen LogP contribution is -2.36. The molecule has 1 aliphatic heterocycles. The summed E-state index contributed by atoms with van der Waals surface area (Å²) in [6.07, 6.45) is 6.32. The summed E-state index contributed by atoms with van der Waals surface area (Å²) in [4.78, 5) is 29.1. The first kappa shape index (κ1) is 23.1. The predicted molar refractivity (Wildman–Crippen MR) is 128 cm³/mol. The number of benzene rings is 1. The second kappa shape index (κ2) is 9.43. The molecule has 174 valence electrons. The maximum Gasteiger partial charge on any atom is 0.263 e. The molecule has 2 aromatic heterocycles. The second-order valence-electron chi connectivity index (χ2n) is 8.78. The van der Waals surface area contributed by atoms with Gasteiger partial charge in [0.25, 0.3) is 5.91 Å². The molecule has 4 rings (SSSR count). The molecule has 1 aromatic carbocycles. The highest BCUT2D eigenvalue weighted by Gasteiger charge is 2.25. The topological polar surface area (TPSA) is 71.3 Å². The van der Waals surface area contributed by atoms with Crippen LogP contribution in [0, 0.1) is 5.82 Å². The molecule has 1 aliphatic rings. The van der Waals surface area contributed by atoms with Gasteiger partial charge in [-0.2, -0.15) is 0 Å². The molecular weight excluding hydrogens is 441 g/mol. The summed E-state index contributed by atoms with van der Waals surface area (Å²) in [6.45, 7) is 5.57. The number of hydrogen-bond donors (Lipinski definition) is 0. The lowest BCUT2D eigenvalue weighted by molar-refractivity contribution is -0.131. The van der Waals surface area contributed by atoms with Crippen LogP contribution in [0.15, 0.2) is 30.6 Å². The van der Waals surface area contributed by atoms with Crippen molar-refractivity contribution in [1.82, 2.24) is 24.8 Å². The molecule has 0 fully saturated rings. The van der Waals surface area contributed by atoms with E-state index >= 15 is 4.39 Å². The minimum atomic E-state index is -0.319. The highest BCUT2D eigenvalue weighted by Crippen LogP contribution is 2.39. The van der Waals surface area contributed by atoms with E-state index in [-0.39, 0.29) is 23.5 Å². The van der Waals surface area contributed by atoms with Gasteiger partial charge < -0.3 is 9.80 Å². The Bertz CT molecular complexity index is 1210. The fraction of sp³-hybridized carbons (Fsp3) is 0.417. The van der Waals surface area contributed by atoms with E-state index in [0.717, 1.165) is 16.5 Å². The first-order valence-corrected chi connectivity index (χ1v) is 11.9. The number of halogens is 1.